The van der Waals surface area contributed by atoms with Gasteiger partial charge in [-0.2, -0.15) is 0 Å². The molecule has 0 saturated heterocycles. The number of carbonyl (C=O) groups excluding carboxylic acids is 1. The van der Waals surface area contributed by atoms with Crippen LogP contribution < -0.4 is 0 Å². The highest BCUT2D eigenvalue weighted by Crippen LogP contribution is 2.12. The van der Waals surface area contributed by atoms with Gasteiger partial charge in [0.15, 0.2) is 0 Å². The number of hydrogen-bond donors (Lipinski definition) is 0. The summed E-state index contributed by atoms with van der Waals surface area (Å²) in [6.07, 6.45) is 1.53. The minimum Gasteiger partial charge on any atom is -0.465 e. The van der Waals surface area contributed by atoms with Gasteiger partial charge in [0.25, 0.3) is 0 Å². The van der Waals surface area contributed by atoms with E-state index in [1.54, 1.807) is 0 Å². The van der Waals surface area contributed by atoms with E-state index in [2.05, 4.69) is 11.3 Å². The van der Waals surface area contributed by atoms with Crippen LogP contribution in [0.15, 0.2) is 24.8 Å². The van der Waals surface area contributed by atoms with Crippen LogP contribution in [0, 0.1) is 5.82 Å². The second kappa shape index (κ2) is 3.85. The highest BCUT2D eigenvalue weighted by atomic mass is 19.1. The SMILES string of the molecule is C=Cc1ccc(F)c(C(=O)OC)c1. The Kier molecular flexibility index (Phi) is 2.80. The quantitative estimate of drug-likeness (QED) is 0.652. The molecule has 0 radical (unpaired) electrons. The van der Waals surface area contributed by atoms with Gasteiger partial charge in [-0.3, -0.25) is 0 Å². The molecular formula is C10H9FO2. The van der Waals surface area contributed by atoms with Crippen LogP contribution in [0.1, 0.15) is 15.9 Å². The molecule has 0 aromatic heterocycles. The molecule has 0 aliphatic heterocycles. The Hall–Kier alpha value is -1.64. The maximum atomic E-state index is 13.0. The molecule has 2 nitrogen and oxygen atoms in total. The van der Waals surface area contributed by atoms with Crippen molar-refractivity contribution in [2.24, 2.45) is 0 Å². The van der Waals surface area contributed by atoms with E-state index in [9.17, 15) is 9.18 Å². The van der Waals surface area contributed by atoms with Gasteiger partial charge in [0.05, 0.1) is 12.7 Å². The van der Waals surface area contributed by atoms with E-state index in [-0.39, 0.29) is 5.56 Å². The lowest BCUT2D eigenvalue weighted by Crippen LogP contribution is -2.04. The lowest BCUT2D eigenvalue weighted by Gasteiger charge is -2.01. The van der Waals surface area contributed by atoms with Crippen molar-refractivity contribution in [2.75, 3.05) is 7.11 Å². The summed E-state index contributed by atoms with van der Waals surface area (Å²) in [5.41, 5.74) is 0.613. The van der Waals surface area contributed by atoms with Gasteiger partial charge in [-0.25, -0.2) is 9.18 Å². The monoisotopic (exact) mass is 180 g/mol. The van der Waals surface area contributed by atoms with Gasteiger partial charge in [0.1, 0.15) is 5.82 Å². The van der Waals surface area contributed by atoms with Crippen molar-refractivity contribution in [3.63, 3.8) is 0 Å². The highest BCUT2D eigenvalue weighted by molar-refractivity contribution is 5.90. The summed E-state index contributed by atoms with van der Waals surface area (Å²) < 4.78 is 17.4. The summed E-state index contributed by atoms with van der Waals surface area (Å²) in [6.45, 7) is 3.51. The van der Waals surface area contributed by atoms with Crippen LogP contribution in [0.5, 0.6) is 0 Å². The van der Waals surface area contributed by atoms with Crippen molar-refractivity contribution in [3.05, 3.63) is 41.7 Å². The van der Waals surface area contributed by atoms with Crippen molar-refractivity contribution in [1.82, 2.24) is 0 Å². The molecule has 1 rings (SSSR count). The van der Waals surface area contributed by atoms with Crippen LogP contribution in [0.4, 0.5) is 4.39 Å². The van der Waals surface area contributed by atoms with Gasteiger partial charge < -0.3 is 4.74 Å². The Balaban J connectivity index is 3.18. The Bertz CT molecular complexity index is 345. The van der Waals surface area contributed by atoms with Crippen LogP contribution >= 0.6 is 0 Å². The molecule has 0 atom stereocenters. The van der Waals surface area contributed by atoms with Crippen molar-refractivity contribution >= 4 is 12.0 Å². The Morgan fingerprint density at radius 3 is 2.85 bits per heavy atom. The van der Waals surface area contributed by atoms with Crippen molar-refractivity contribution < 1.29 is 13.9 Å². The predicted octanol–water partition coefficient (Wildman–Crippen LogP) is 2.26. The second-order valence-electron chi connectivity index (χ2n) is 2.43. The summed E-state index contributed by atoms with van der Waals surface area (Å²) in [6, 6.07) is 4.15. The van der Waals surface area contributed by atoms with E-state index in [0.29, 0.717) is 5.56 Å². The molecule has 0 fully saturated rings. The number of methoxy groups -OCH3 is 1. The zero-order valence-electron chi connectivity index (χ0n) is 7.21. The molecule has 1 aromatic rings. The van der Waals surface area contributed by atoms with Crippen LogP contribution in [0.2, 0.25) is 0 Å². The summed E-state index contributed by atoms with van der Waals surface area (Å²) in [5.74, 6) is -1.27. The van der Waals surface area contributed by atoms with E-state index in [4.69, 9.17) is 0 Å². The number of hydrogen-bond acceptors (Lipinski definition) is 2. The normalized spacial score (nSPS) is 9.38. The fourth-order valence-corrected chi connectivity index (χ4v) is 0.936. The molecule has 0 aliphatic carbocycles. The fraction of sp³-hybridized carbons (Fsp3) is 0.100. The predicted molar refractivity (Wildman–Crippen MR) is 47.8 cm³/mol. The standard InChI is InChI=1S/C10H9FO2/c1-3-7-4-5-9(11)8(6-7)10(12)13-2/h3-6H,1H2,2H3. The summed E-state index contributed by atoms with van der Waals surface area (Å²) >= 11 is 0. The molecule has 3 heteroatoms. The molecule has 13 heavy (non-hydrogen) atoms. The molecule has 0 N–H and O–H groups in total. The Morgan fingerprint density at radius 1 is 1.62 bits per heavy atom. The highest BCUT2D eigenvalue weighted by Gasteiger charge is 2.11. The second-order valence-corrected chi connectivity index (χ2v) is 2.43. The first-order valence-corrected chi connectivity index (χ1v) is 3.69. The number of rotatable bonds is 2. The first-order chi connectivity index (χ1) is 6.19. The number of ether oxygens (including phenoxy) is 1. The summed E-state index contributed by atoms with van der Waals surface area (Å²) in [4.78, 5) is 11.0. The first-order valence-electron chi connectivity index (χ1n) is 3.69. The first kappa shape index (κ1) is 9.45. The number of carbonyl (C=O) groups is 1. The van der Waals surface area contributed by atoms with E-state index in [1.165, 1.54) is 31.4 Å². The van der Waals surface area contributed by atoms with Crippen molar-refractivity contribution in [3.8, 4) is 0 Å². The minimum absolute atomic E-state index is 0.0695. The molecule has 0 unspecified atom stereocenters. The third kappa shape index (κ3) is 1.93. The zero-order chi connectivity index (χ0) is 9.84. The Labute approximate surface area is 75.6 Å². The zero-order valence-corrected chi connectivity index (χ0v) is 7.21. The average Bonchev–Trinajstić information content (AvgIpc) is 2.17. The molecule has 68 valence electrons. The van der Waals surface area contributed by atoms with E-state index < -0.39 is 11.8 Å². The van der Waals surface area contributed by atoms with Crippen molar-refractivity contribution in [1.29, 1.82) is 0 Å². The largest absolute Gasteiger partial charge is 0.465 e. The number of benzene rings is 1. The van der Waals surface area contributed by atoms with Gasteiger partial charge >= 0.3 is 5.97 Å². The van der Waals surface area contributed by atoms with Gasteiger partial charge in [0.2, 0.25) is 0 Å². The van der Waals surface area contributed by atoms with Gasteiger partial charge in [0, 0.05) is 0 Å². The molecule has 1 aromatic carbocycles. The third-order valence-corrected chi connectivity index (χ3v) is 1.63. The van der Waals surface area contributed by atoms with Gasteiger partial charge in [-0.15, -0.1) is 0 Å². The number of halogens is 1. The van der Waals surface area contributed by atoms with Crippen LogP contribution in [-0.4, -0.2) is 13.1 Å². The lowest BCUT2D eigenvalue weighted by atomic mass is 10.1. The summed E-state index contributed by atoms with van der Waals surface area (Å²) in [5, 5.41) is 0. The van der Waals surface area contributed by atoms with E-state index in [1.807, 2.05) is 0 Å². The topological polar surface area (TPSA) is 26.3 Å². The molecule has 0 spiro atoms. The molecule has 0 saturated carbocycles. The summed E-state index contributed by atoms with van der Waals surface area (Å²) in [7, 11) is 1.21. The Morgan fingerprint density at radius 2 is 2.31 bits per heavy atom. The van der Waals surface area contributed by atoms with Crippen LogP contribution in [0.25, 0.3) is 6.08 Å². The molecule has 0 heterocycles. The van der Waals surface area contributed by atoms with Crippen LogP contribution in [-0.2, 0) is 4.74 Å². The average molecular weight is 180 g/mol. The minimum atomic E-state index is -0.679. The van der Waals surface area contributed by atoms with E-state index in [0.717, 1.165) is 0 Å². The van der Waals surface area contributed by atoms with Gasteiger partial charge in [-0.05, 0) is 17.7 Å². The molecular weight excluding hydrogens is 171 g/mol. The molecule has 0 aliphatic rings. The third-order valence-electron chi connectivity index (χ3n) is 1.63. The van der Waals surface area contributed by atoms with Crippen molar-refractivity contribution in [2.45, 2.75) is 0 Å². The fourth-order valence-electron chi connectivity index (χ4n) is 0.936. The molecule has 0 amide bonds. The smallest absolute Gasteiger partial charge is 0.340 e. The maximum absolute atomic E-state index is 13.0. The lowest BCUT2D eigenvalue weighted by molar-refractivity contribution is 0.0595. The van der Waals surface area contributed by atoms with Gasteiger partial charge in [-0.1, -0.05) is 18.7 Å². The van der Waals surface area contributed by atoms with Crippen LogP contribution in [0.3, 0.4) is 0 Å². The van der Waals surface area contributed by atoms with E-state index >= 15 is 0 Å². The molecule has 0 bridgehead atoms. The number of esters is 1. The maximum Gasteiger partial charge on any atom is 0.340 e.